The molecular formula is C23H48N4. The van der Waals surface area contributed by atoms with Gasteiger partial charge in [-0.05, 0) is 32.6 Å². The van der Waals surface area contributed by atoms with E-state index in [1.807, 2.05) is 6.21 Å². The first-order valence-electron chi connectivity index (χ1n) is 11.8. The molecule has 0 amide bonds. The molecule has 4 nitrogen and oxygen atoms in total. The Kier molecular flexibility index (Phi) is 18.9. The Bertz CT molecular complexity index is 345. The zero-order chi connectivity index (χ0) is 20.2. The van der Waals surface area contributed by atoms with Crippen molar-refractivity contribution < 1.29 is 0 Å². The molecule has 0 bridgehead atoms. The van der Waals surface area contributed by atoms with Gasteiger partial charge in [-0.1, -0.05) is 79.1 Å². The SMILES string of the molecule is CCCCCN(CCCCC)N=CC(C)=NN(CCCCC)CCCCC. The van der Waals surface area contributed by atoms with E-state index in [0.717, 1.165) is 31.9 Å². The maximum atomic E-state index is 4.86. The van der Waals surface area contributed by atoms with E-state index >= 15 is 0 Å². The lowest BCUT2D eigenvalue weighted by Crippen LogP contribution is -2.24. The van der Waals surface area contributed by atoms with Gasteiger partial charge >= 0.3 is 0 Å². The van der Waals surface area contributed by atoms with Crippen molar-refractivity contribution in [1.29, 1.82) is 0 Å². The van der Waals surface area contributed by atoms with Crippen molar-refractivity contribution in [3.63, 3.8) is 0 Å². The van der Waals surface area contributed by atoms with Crippen LogP contribution >= 0.6 is 0 Å². The van der Waals surface area contributed by atoms with E-state index in [4.69, 9.17) is 10.2 Å². The predicted molar refractivity (Wildman–Crippen MR) is 123 cm³/mol. The van der Waals surface area contributed by atoms with E-state index in [9.17, 15) is 0 Å². The summed E-state index contributed by atoms with van der Waals surface area (Å²) in [6.07, 6.45) is 17.1. The average Bonchev–Trinajstić information content (AvgIpc) is 2.66. The van der Waals surface area contributed by atoms with Crippen LogP contribution in [0.2, 0.25) is 0 Å². The van der Waals surface area contributed by atoms with Crippen LogP contribution in [-0.2, 0) is 0 Å². The molecule has 0 radical (unpaired) electrons. The predicted octanol–water partition coefficient (Wildman–Crippen LogP) is 6.71. The number of nitrogens with zero attached hydrogens (tertiary/aromatic N) is 4. The molecular weight excluding hydrogens is 332 g/mol. The minimum Gasteiger partial charge on any atom is -0.297 e. The lowest BCUT2D eigenvalue weighted by molar-refractivity contribution is 0.273. The zero-order valence-electron chi connectivity index (χ0n) is 19.2. The molecule has 0 aliphatic carbocycles. The maximum Gasteiger partial charge on any atom is 0.0774 e. The molecule has 160 valence electrons. The third-order valence-corrected chi connectivity index (χ3v) is 4.79. The van der Waals surface area contributed by atoms with Crippen molar-refractivity contribution >= 4 is 11.9 Å². The lowest BCUT2D eigenvalue weighted by atomic mass is 10.2. The van der Waals surface area contributed by atoms with E-state index in [-0.39, 0.29) is 0 Å². The van der Waals surface area contributed by atoms with Crippen LogP contribution in [0.15, 0.2) is 10.2 Å². The second-order valence-corrected chi connectivity index (χ2v) is 7.72. The van der Waals surface area contributed by atoms with Gasteiger partial charge in [-0.2, -0.15) is 10.2 Å². The summed E-state index contributed by atoms with van der Waals surface area (Å²) in [5, 5.41) is 14.1. The Morgan fingerprint density at radius 3 is 1.33 bits per heavy atom. The van der Waals surface area contributed by atoms with Crippen LogP contribution < -0.4 is 0 Å². The van der Waals surface area contributed by atoms with Crippen molar-refractivity contribution in [1.82, 2.24) is 10.0 Å². The summed E-state index contributed by atoms with van der Waals surface area (Å²) >= 11 is 0. The largest absolute Gasteiger partial charge is 0.297 e. The van der Waals surface area contributed by atoms with Crippen molar-refractivity contribution in [3.05, 3.63) is 0 Å². The highest BCUT2D eigenvalue weighted by atomic mass is 15.5. The van der Waals surface area contributed by atoms with Crippen molar-refractivity contribution in [2.24, 2.45) is 10.2 Å². The van der Waals surface area contributed by atoms with E-state index in [2.05, 4.69) is 44.6 Å². The molecule has 0 aliphatic heterocycles. The summed E-state index contributed by atoms with van der Waals surface area (Å²) in [5.74, 6) is 0. The quantitative estimate of drug-likeness (QED) is 0.142. The third kappa shape index (κ3) is 16.8. The Morgan fingerprint density at radius 2 is 0.963 bits per heavy atom. The smallest absolute Gasteiger partial charge is 0.0774 e. The van der Waals surface area contributed by atoms with Crippen LogP contribution in [-0.4, -0.2) is 48.1 Å². The van der Waals surface area contributed by atoms with Gasteiger partial charge < -0.3 is 0 Å². The molecule has 0 fully saturated rings. The normalized spacial score (nSPS) is 12.1. The Hall–Kier alpha value is -1.06. The molecule has 0 aromatic carbocycles. The van der Waals surface area contributed by atoms with Crippen LogP contribution in [0.25, 0.3) is 0 Å². The fourth-order valence-electron chi connectivity index (χ4n) is 3.03. The van der Waals surface area contributed by atoms with Crippen LogP contribution in [0.4, 0.5) is 0 Å². The molecule has 27 heavy (non-hydrogen) atoms. The topological polar surface area (TPSA) is 31.2 Å². The monoisotopic (exact) mass is 380 g/mol. The molecule has 0 aromatic heterocycles. The maximum absolute atomic E-state index is 4.86. The molecule has 0 saturated heterocycles. The van der Waals surface area contributed by atoms with Crippen molar-refractivity contribution in [2.45, 2.75) is 112 Å². The summed E-state index contributed by atoms with van der Waals surface area (Å²) < 4.78 is 0. The Labute approximate surface area is 170 Å². The van der Waals surface area contributed by atoms with Gasteiger partial charge in [0.05, 0.1) is 11.9 Å². The Balaban J connectivity index is 4.69. The fourth-order valence-corrected chi connectivity index (χ4v) is 3.03. The number of unbranched alkanes of at least 4 members (excludes halogenated alkanes) is 8. The lowest BCUT2D eigenvalue weighted by Gasteiger charge is -2.20. The minimum absolute atomic E-state index is 1.03. The highest BCUT2D eigenvalue weighted by molar-refractivity contribution is 6.29. The van der Waals surface area contributed by atoms with Crippen LogP contribution in [0.3, 0.4) is 0 Å². The molecule has 4 heteroatoms. The summed E-state index contributed by atoms with van der Waals surface area (Å²) in [4.78, 5) is 0. The molecule has 0 saturated carbocycles. The number of rotatable bonds is 19. The summed E-state index contributed by atoms with van der Waals surface area (Å²) in [6, 6.07) is 0. The van der Waals surface area contributed by atoms with Gasteiger partial charge in [0.1, 0.15) is 0 Å². The second-order valence-electron chi connectivity index (χ2n) is 7.72. The first-order chi connectivity index (χ1) is 13.2. The molecule has 0 atom stereocenters. The van der Waals surface area contributed by atoms with Gasteiger partial charge in [0.2, 0.25) is 0 Å². The van der Waals surface area contributed by atoms with Crippen LogP contribution in [0.5, 0.6) is 0 Å². The molecule has 0 unspecified atom stereocenters. The van der Waals surface area contributed by atoms with Gasteiger partial charge in [0, 0.05) is 26.2 Å². The highest BCUT2D eigenvalue weighted by Crippen LogP contribution is 2.05. The first kappa shape index (κ1) is 25.9. The van der Waals surface area contributed by atoms with Crippen molar-refractivity contribution in [3.8, 4) is 0 Å². The van der Waals surface area contributed by atoms with Crippen LogP contribution in [0, 0.1) is 0 Å². The number of hydrazone groups is 2. The summed E-state index contributed by atoms with van der Waals surface area (Å²) in [5.41, 5.74) is 1.03. The average molecular weight is 381 g/mol. The fraction of sp³-hybridized carbons (Fsp3) is 0.913. The Morgan fingerprint density at radius 1 is 0.593 bits per heavy atom. The molecule has 0 heterocycles. The molecule has 0 N–H and O–H groups in total. The molecule has 0 aromatic rings. The molecule has 0 spiro atoms. The summed E-state index contributed by atoms with van der Waals surface area (Å²) in [7, 11) is 0. The molecule has 0 rings (SSSR count). The van der Waals surface area contributed by atoms with E-state index < -0.39 is 0 Å². The second kappa shape index (κ2) is 19.7. The summed E-state index contributed by atoms with van der Waals surface area (Å²) in [6.45, 7) is 15.4. The van der Waals surface area contributed by atoms with E-state index in [1.165, 1.54) is 77.0 Å². The van der Waals surface area contributed by atoms with E-state index in [1.54, 1.807) is 0 Å². The van der Waals surface area contributed by atoms with Crippen LogP contribution in [0.1, 0.15) is 112 Å². The van der Waals surface area contributed by atoms with Gasteiger partial charge in [-0.3, -0.25) is 10.0 Å². The highest BCUT2D eigenvalue weighted by Gasteiger charge is 2.03. The number of hydrogen-bond acceptors (Lipinski definition) is 4. The van der Waals surface area contributed by atoms with Gasteiger partial charge in [0.15, 0.2) is 0 Å². The first-order valence-corrected chi connectivity index (χ1v) is 11.8. The van der Waals surface area contributed by atoms with Gasteiger partial charge in [-0.25, -0.2) is 0 Å². The number of hydrogen-bond donors (Lipinski definition) is 0. The standard InChI is InChI=1S/C23H48N4/c1-6-10-14-18-26(19-15-11-7-2)24-22-23(5)25-27(20-16-12-8-3)21-17-13-9-4/h22H,6-21H2,1-5H3. The zero-order valence-corrected chi connectivity index (χ0v) is 19.2. The third-order valence-electron chi connectivity index (χ3n) is 4.79. The van der Waals surface area contributed by atoms with Gasteiger partial charge in [-0.15, -0.1) is 0 Å². The van der Waals surface area contributed by atoms with Gasteiger partial charge in [0.25, 0.3) is 0 Å². The van der Waals surface area contributed by atoms with E-state index in [0.29, 0.717) is 0 Å². The molecule has 0 aliphatic rings. The minimum atomic E-state index is 1.03. The van der Waals surface area contributed by atoms with Crippen molar-refractivity contribution in [2.75, 3.05) is 26.2 Å².